The topological polar surface area (TPSA) is 49.8 Å². The lowest BCUT2D eigenvalue weighted by Gasteiger charge is -2.12. The van der Waals surface area contributed by atoms with Crippen molar-refractivity contribution in [2.24, 2.45) is 0 Å². The smallest absolute Gasteiger partial charge is 0.366 e. The monoisotopic (exact) mass is 326 g/mol. The summed E-state index contributed by atoms with van der Waals surface area (Å²) in [4.78, 5) is 7.54. The van der Waals surface area contributed by atoms with Crippen molar-refractivity contribution in [2.75, 3.05) is 10.6 Å². The average Bonchev–Trinajstić information content (AvgIpc) is 3.28. The fraction of sp³-hybridized carbons (Fsp3) is 0.333. The highest BCUT2D eigenvalue weighted by Crippen LogP contribution is 2.31. The molecule has 0 radical (unpaired) electrons. The Morgan fingerprint density at radius 2 is 1.91 bits per heavy atom. The number of nitrogens with one attached hydrogen (secondary N) is 2. The minimum atomic E-state index is -4.56. The van der Waals surface area contributed by atoms with Gasteiger partial charge in [-0.05, 0) is 30.5 Å². The number of rotatable bonds is 5. The van der Waals surface area contributed by atoms with E-state index in [4.69, 9.17) is 0 Å². The van der Waals surface area contributed by atoms with Gasteiger partial charge >= 0.3 is 6.18 Å². The number of halogens is 4. The zero-order valence-corrected chi connectivity index (χ0v) is 12.0. The van der Waals surface area contributed by atoms with Crippen LogP contribution in [-0.4, -0.2) is 16.0 Å². The van der Waals surface area contributed by atoms with Gasteiger partial charge in [0, 0.05) is 18.7 Å². The molecule has 0 atom stereocenters. The third-order valence-corrected chi connectivity index (χ3v) is 3.29. The van der Waals surface area contributed by atoms with Gasteiger partial charge in [0.25, 0.3) is 0 Å². The highest BCUT2D eigenvalue weighted by Gasteiger charge is 2.34. The van der Waals surface area contributed by atoms with Gasteiger partial charge in [-0.3, -0.25) is 0 Å². The van der Waals surface area contributed by atoms with Gasteiger partial charge in [-0.1, -0.05) is 12.1 Å². The summed E-state index contributed by atoms with van der Waals surface area (Å²) < 4.78 is 51.9. The van der Waals surface area contributed by atoms with E-state index >= 15 is 0 Å². The number of hydrogen-bond donors (Lipinski definition) is 2. The minimum Gasteiger partial charge on any atom is -0.366 e. The van der Waals surface area contributed by atoms with E-state index < -0.39 is 17.7 Å². The highest BCUT2D eigenvalue weighted by molar-refractivity contribution is 5.44. The molecule has 0 spiro atoms. The van der Waals surface area contributed by atoms with Gasteiger partial charge in [0.05, 0.1) is 0 Å². The van der Waals surface area contributed by atoms with Crippen LogP contribution >= 0.6 is 0 Å². The van der Waals surface area contributed by atoms with E-state index in [1.165, 1.54) is 18.2 Å². The van der Waals surface area contributed by atoms with E-state index in [-0.39, 0.29) is 24.4 Å². The molecule has 4 nitrogen and oxygen atoms in total. The van der Waals surface area contributed by atoms with Gasteiger partial charge in [0.1, 0.15) is 11.6 Å². The molecule has 0 amide bonds. The molecule has 1 aromatic carbocycles. The quantitative estimate of drug-likeness (QED) is 0.820. The van der Waals surface area contributed by atoms with E-state index in [0.717, 1.165) is 18.9 Å². The fourth-order valence-corrected chi connectivity index (χ4v) is 2.00. The molecule has 0 saturated heterocycles. The molecule has 1 aliphatic carbocycles. The van der Waals surface area contributed by atoms with Crippen LogP contribution in [0, 0.1) is 5.82 Å². The maximum atomic E-state index is 13.1. The first kappa shape index (κ1) is 15.5. The van der Waals surface area contributed by atoms with Gasteiger partial charge in [0.15, 0.2) is 5.69 Å². The largest absolute Gasteiger partial charge is 0.433 e. The van der Waals surface area contributed by atoms with Gasteiger partial charge in [-0.15, -0.1) is 0 Å². The van der Waals surface area contributed by atoms with Crippen molar-refractivity contribution in [1.29, 1.82) is 0 Å². The standard InChI is InChI=1S/C15H14F4N4/c16-10-3-1-2-9(6-10)8-20-13-7-12(15(17,18)19)22-14(23-13)21-11-4-5-11/h1-3,6-7,11H,4-5,8H2,(H2,20,21,22,23). The first-order valence-electron chi connectivity index (χ1n) is 7.11. The SMILES string of the molecule is Fc1cccc(CNc2cc(C(F)(F)F)nc(NC3CC3)n2)c1. The Bertz CT molecular complexity index is 698. The molecule has 8 heteroatoms. The van der Waals surface area contributed by atoms with Crippen LogP contribution in [0.2, 0.25) is 0 Å². The number of benzene rings is 1. The molecule has 0 bridgehead atoms. The van der Waals surface area contributed by atoms with E-state index in [1.807, 2.05) is 0 Å². The maximum absolute atomic E-state index is 13.1. The summed E-state index contributed by atoms with van der Waals surface area (Å²) in [5.74, 6) is -0.414. The molecule has 3 rings (SSSR count). The number of nitrogens with zero attached hydrogens (tertiary/aromatic N) is 2. The molecule has 1 heterocycles. The van der Waals surface area contributed by atoms with Gasteiger partial charge in [-0.25, -0.2) is 9.37 Å². The van der Waals surface area contributed by atoms with Crippen LogP contribution in [0.1, 0.15) is 24.1 Å². The first-order chi connectivity index (χ1) is 10.9. The van der Waals surface area contributed by atoms with Gasteiger partial charge in [0.2, 0.25) is 5.95 Å². The molecular weight excluding hydrogens is 312 g/mol. The molecule has 0 unspecified atom stereocenters. The Labute approximate surface area is 130 Å². The van der Waals surface area contributed by atoms with Crippen molar-refractivity contribution in [3.63, 3.8) is 0 Å². The highest BCUT2D eigenvalue weighted by atomic mass is 19.4. The predicted molar refractivity (Wildman–Crippen MR) is 77.4 cm³/mol. The molecule has 1 aliphatic rings. The van der Waals surface area contributed by atoms with Crippen LogP contribution in [0.25, 0.3) is 0 Å². The lowest BCUT2D eigenvalue weighted by Crippen LogP contribution is -2.15. The molecule has 122 valence electrons. The second kappa shape index (κ2) is 6.02. The normalized spacial score (nSPS) is 14.6. The number of anilines is 2. The lowest BCUT2D eigenvalue weighted by atomic mass is 10.2. The summed E-state index contributed by atoms with van der Waals surface area (Å²) in [5.41, 5.74) is -0.411. The predicted octanol–water partition coefficient (Wildman–Crippen LogP) is 3.82. The lowest BCUT2D eigenvalue weighted by molar-refractivity contribution is -0.141. The zero-order chi connectivity index (χ0) is 16.4. The van der Waals surface area contributed by atoms with Crippen LogP contribution < -0.4 is 10.6 Å². The fourth-order valence-electron chi connectivity index (χ4n) is 2.00. The molecule has 0 aliphatic heterocycles. The van der Waals surface area contributed by atoms with Crippen LogP contribution in [0.3, 0.4) is 0 Å². The molecule has 1 fully saturated rings. The third kappa shape index (κ3) is 4.30. The molecule has 1 saturated carbocycles. The van der Waals surface area contributed by atoms with Crippen LogP contribution in [0.5, 0.6) is 0 Å². The first-order valence-corrected chi connectivity index (χ1v) is 7.11. The van der Waals surface area contributed by atoms with E-state index in [2.05, 4.69) is 20.6 Å². The number of alkyl halides is 3. The van der Waals surface area contributed by atoms with Crippen molar-refractivity contribution >= 4 is 11.8 Å². The molecular formula is C15H14F4N4. The Morgan fingerprint density at radius 1 is 1.13 bits per heavy atom. The summed E-state index contributed by atoms with van der Waals surface area (Å²) in [6, 6.07) is 6.79. The summed E-state index contributed by atoms with van der Waals surface area (Å²) in [6.45, 7) is 0.162. The Balaban J connectivity index is 1.79. The van der Waals surface area contributed by atoms with Gasteiger partial charge < -0.3 is 10.6 Å². The van der Waals surface area contributed by atoms with Crippen molar-refractivity contribution in [3.8, 4) is 0 Å². The van der Waals surface area contributed by atoms with Crippen molar-refractivity contribution in [2.45, 2.75) is 31.6 Å². The van der Waals surface area contributed by atoms with E-state index in [0.29, 0.717) is 5.56 Å². The van der Waals surface area contributed by atoms with Crippen LogP contribution in [0.15, 0.2) is 30.3 Å². The molecule has 1 aromatic heterocycles. The molecule has 2 N–H and O–H groups in total. The third-order valence-electron chi connectivity index (χ3n) is 3.29. The van der Waals surface area contributed by atoms with E-state index in [1.54, 1.807) is 6.07 Å². The second-order valence-corrected chi connectivity index (χ2v) is 5.36. The summed E-state index contributed by atoms with van der Waals surface area (Å²) >= 11 is 0. The summed E-state index contributed by atoms with van der Waals surface area (Å²) in [5, 5.41) is 5.63. The van der Waals surface area contributed by atoms with Crippen molar-refractivity contribution < 1.29 is 17.6 Å². The zero-order valence-electron chi connectivity index (χ0n) is 12.0. The Hall–Kier alpha value is -2.38. The van der Waals surface area contributed by atoms with Crippen molar-refractivity contribution in [3.05, 3.63) is 47.4 Å². The Kier molecular flexibility index (Phi) is 4.06. The summed E-state index contributed by atoms with van der Waals surface area (Å²) in [6.07, 6.45) is -2.77. The Morgan fingerprint density at radius 3 is 2.57 bits per heavy atom. The van der Waals surface area contributed by atoms with Crippen LogP contribution in [-0.2, 0) is 12.7 Å². The second-order valence-electron chi connectivity index (χ2n) is 5.36. The van der Waals surface area contributed by atoms with Crippen molar-refractivity contribution in [1.82, 2.24) is 9.97 Å². The molecule has 23 heavy (non-hydrogen) atoms. The summed E-state index contributed by atoms with van der Waals surface area (Å²) in [7, 11) is 0. The van der Waals surface area contributed by atoms with E-state index in [9.17, 15) is 17.6 Å². The van der Waals surface area contributed by atoms with Crippen LogP contribution in [0.4, 0.5) is 29.3 Å². The minimum absolute atomic E-state index is 0.0414. The number of hydrogen-bond acceptors (Lipinski definition) is 4. The van der Waals surface area contributed by atoms with Gasteiger partial charge in [-0.2, -0.15) is 18.2 Å². The number of aromatic nitrogens is 2. The molecule has 2 aromatic rings. The average molecular weight is 326 g/mol. The maximum Gasteiger partial charge on any atom is 0.433 e.